The van der Waals surface area contributed by atoms with Crippen molar-refractivity contribution in [3.63, 3.8) is 0 Å². The number of rotatable bonds is 5. The SMILES string of the molecule is O[C@@H](CNc1cc(C(F)(F)F)nc(-c2cccnc2)n1)C1CC1. The Labute approximate surface area is 130 Å². The van der Waals surface area contributed by atoms with Gasteiger partial charge in [-0.25, -0.2) is 9.97 Å². The molecule has 8 heteroatoms. The van der Waals surface area contributed by atoms with Gasteiger partial charge in [-0.2, -0.15) is 13.2 Å². The molecule has 5 nitrogen and oxygen atoms in total. The number of nitrogens with one attached hydrogen (secondary N) is 1. The summed E-state index contributed by atoms with van der Waals surface area (Å²) < 4.78 is 39.1. The van der Waals surface area contributed by atoms with Crippen molar-refractivity contribution in [1.82, 2.24) is 15.0 Å². The third kappa shape index (κ3) is 3.95. The van der Waals surface area contributed by atoms with Gasteiger partial charge in [0.05, 0.1) is 6.10 Å². The smallest absolute Gasteiger partial charge is 0.391 e. The summed E-state index contributed by atoms with van der Waals surface area (Å²) in [6, 6.07) is 4.04. The summed E-state index contributed by atoms with van der Waals surface area (Å²) in [4.78, 5) is 11.5. The minimum Gasteiger partial charge on any atom is -0.391 e. The van der Waals surface area contributed by atoms with Crippen LogP contribution in [0.2, 0.25) is 0 Å². The Balaban J connectivity index is 1.88. The van der Waals surface area contributed by atoms with Crippen LogP contribution in [0.15, 0.2) is 30.6 Å². The van der Waals surface area contributed by atoms with Crippen LogP contribution in [0, 0.1) is 5.92 Å². The number of aromatic nitrogens is 3. The van der Waals surface area contributed by atoms with Gasteiger partial charge in [0, 0.05) is 30.6 Å². The van der Waals surface area contributed by atoms with Crippen LogP contribution in [0.3, 0.4) is 0 Å². The van der Waals surface area contributed by atoms with Crippen molar-refractivity contribution in [3.8, 4) is 11.4 Å². The number of aliphatic hydroxyl groups is 1. The highest BCUT2D eigenvalue weighted by Gasteiger charge is 2.34. The first-order chi connectivity index (χ1) is 10.9. The van der Waals surface area contributed by atoms with E-state index in [1.54, 1.807) is 12.1 Å². The molecule has 2 aromatic heterocycles. The second kappa shape index (κ2) is 6.11. The van der Waals surface area contributed by atoms with Gasteiger partial charge >= 0.3 is 6.18 Å². The maximum absolute atomic E-state index is 13.0. The molecule has 2 heterocycles. The number of pyridine rings is 1. The topological polar surface area (TPSA) is 70.9 Å². The van der Waals surface area contributed by atoms with E-state index in [0.29, 0.717) is 5.56 Å². The predicted molar refractivity (Wildman–Crippen MR) is 77.5 cm³/mol. The van der Waals surface area contributed by atoms with E-state index in [2.05, 4.69) is 20.3 Å². The average molecular weight is 324 g/mol. The molecule has 0 radical (unpaired) electrons. The van der Waals surface area contributed by atoms with E-state index >= 15 is 0 Å². The van der Waals surface area contributed by atoms with E-state index in [0.717, 1.165) is 18.9 Å². The van der Waals surface area contributed by atoms with Crippen LogP contribution in [0.5, 0.6) is 0 Å². The number of halogens is 3. The summed E-state index contributed by atoms with van der Waals surface area (Å²) in [5.41, 5.74) is -0.640. The van der Waals surface area contributed by atoms with Gasteiger partial charge in [-0.3, -0.25) is 4.98 Å². The molecule has 0 spiro atoms. The van der Waals surface area contributed by atoms with Crippen LogP contribution in [-0.4, -0.2) is 32.7 Å². The first kappa shape index (κ1) is 15.7. The minimum atomic E-state index is -4.58. The Kier molecular flexibility index (Phi) is 4.16. The highest BCUT2D eigenvalue weighted by atomic mass is 19.4. The zero-order valence-electron chi connectivity index (χ0n) is 12.1. The largest absolute Gasteiger partial charge is 0.433 e. The standard InChI is InChI=1S/C15H15F3N4O/c16-15(17,18)12-6-13(20-8-11(23)9-3-4-9)22-14(21-12)10-2-1-5-19-7-10/h1-2,5-7,9,11,23H,3-4,8H2,(H,20,21,22)/t11-/m0/s1. The second-order valence-corrected chi connectivity index (χ2v) is 5.49. The summed E-state index contributed by atoms with van der Waals surface area (Å²) in [7, 11) is 0. The summed E-state index contributed by atoms with van der Waals surface area (Å²) in [5, 5.41) is 12.6. The maximum atomic E-state index is 13.0. The van der Waals surface area contributed by atoms with Crippen LogP contribution >= 0.6 is 0 Å². The van der Waals surface area contributed by atoms with Gasteiger partial charge in [0.1, 0.15) is 5.82 Å². The maximum Gasteiger partial charge on any atom is 0.433 e. The molecule has 0 saturated heterocycles. The molecule has 2 N–H and O–H groups in total. The van der Waals surface area contributed by atoms with E-state index in [1.807, 2.05) is 0 Å². The lowest BCUT2D eigenvalue weighted by Gasteiger charge is -2.14. The van der Waals surface area contributed by atoms with Crippen molar-refractivity contribution in [3.05, 3.63) is 36.3 Å². The molecule has 3 rings (SSSR count). The van der Waals surface area contributed by atoms with Crippen molar-refractivity contribution in [1.29, 1.82) is 0 Å². The Morgan fingerprint density at radius 3 is 2.70 bits per heavy atom. The summed E-state index contributed by atoms with van der Waals surface area (Å²) in [6.07, 6.45) is -0.351. The molecule has 1 fully saturated rings. The van der Waals surface area contributed by atoms with E-state index in [4.69, 9.17) is 0 Å². The summed E-state index contributed by atoms with van der Waals surface area (Å²) >= 11 is 0. The van der Waals surface area contributed by atoms with Crippen molar-refractivity contribution >= 4 is 5.82 Å². The normalized spacial score (nSPS) is 16.2. The summed E-state index contributed by atoms with van der Waals surface area (Å²) in [5.74, 6) is 0.200. The number of aliphatic hydroxyl groups excluding tert-OH is 1. The third-order valence-corrected chi connectivity index (χ3v) is 3.59. The third-order valence-electron chi connectivity index (χ3n) is 3.59. The fourth-order valence-corrected chi connectivity index (χ4v) is 2.16. The summed E-state index contributed by atoms with van der Waals surface area (Å²) in [6.45, 7) is 0.158. The number of anilines is 1. The van der Waals surface area contributed by atoms with E-state index in [-0.39, 0.29) is 24.1 Å². The average Bonchev–Trinajstić information content (AvgIpc) is 3.37. The lowest BCUT2D eigenvalue weighted by atomic mass is 10.2. The lowest BCUT2D eigenvalue weighted by Crippen LogP contribution is -2.22. The monoisotopic (exact) mass is 324 g/mol. The van der Waals surface area contributed by atoms with Crippen molar-refractivity contribution in [2.24, 2.45) is 5.92 Å². The van der Waals surface area contributed by atoms with E-state index in [1.165, 1.54) is 12.4 Å². The van der Waals surface area contributed by atoms with Crippen molar-refractivity contribution in [2.45, 2.75) is 25.1 Å². The number of alkyl halides is 3. The van der Waals surface area contributed by atoms with E-state index in [9.17, 15) is 18.3 Å². The number of hydrogen-bond acceptors (Lipinski definition) is 5. The lowest BCUT2D eigenvalue weighted by molar-refractivity contribution is -0.141. The van der Waals surface area contributed by atoms with Gasteiger partial charge in [-0.05, 0) is 30.9 Å². The van der Waals surface area contributed by atoms with Crippen molar-refractivity contribution in [2.75, 3.05) is 11.9 Å². The van der Waals surface area contributed by atoms with Gasteiger partial charge in [0.25, 0.3) is 0 Å². The van der Waals surface area contributed by atoms with Gasteiger partial charge in [-0.1, -0.05) is 0 Å². The molecule has 0 unspecified atom stereocenters. The molecule has 1 atom stereocenters. The Bertz CT molecular complexity index is 674. The molecule has 2 aromatic rings. The molecule has 1 aliphatic rings. The van der Waals surface area contributed by atoms with Gasteiger partial charge < -0.3 is 10.4 Å². The zero-order chi connectivity index (χ0) is 16.4. The fourth-order valence-electron chi connectivity index (χ4n) is 2.16. The Hall–Kier alpha value is -2.22. The highest BCUT2D eigenvalue weighted by molar-refractivity contribution is 5.56. The second-order valence-electron chi connectivity index (χ2n) is 5.49. The molecule has 0 amide bonds. The van der Waals surface area contributed by atoms with Gasteiger partial charge in [0.2, 0.25) is 0 Å². The fraction of sp³-hybridized carbons (Fsp3) is 0.400. The molecule has 23 heavy (non-hydrogen) atoms. The molecule has 0 aromatic carbocycles. The molecule has 0 bridgehead atoms. The van der Waals surface area contributed by atoms with Gasteiger partial charge in [-0.15, -0.1) is 0 Å². The van der Waals surface area contributed by atoms with Gasteiger partial charge in [0.15, 0.2) is 11.5 Å². The zero-order valence-corrected chi connectivity index (χ0v) is 12.1. The van der Waals surface area contributed by atoms with Crippen LogP contribution in [0.25, 0.3) is 11.4 Å². The minimum absolute atomic E-state index is 0.0332. The van der Waals surface area contributed by atoms with Crippen LogP contribution in [0.4, 0.5) is 19.0 Å². The molecule has 122 valence electrons. The molecular formula is C15H15F3N4O. The molecular weight excluding hydrogens is 309 g/mol. The first-order valence-corrected chi connectivity index (χ1v) is 7.22. The first-order valence-electron chi connectivity index (χ1n) is 7.22. The highest BCUT2D eigenvalue weighted by Crippen LogP contribution is 2.33. The number of nitrogens with zero attached hydrogens (tertiary/aromatic N) is 3. The van der Waals surface area contributed by atoms with Crippen LogP contribution in [0.1, 0.15) is 18.5 Å². The van der Waals surface area contributed by atoms with Crippen LogP contribution in [-0.2, 0) is 6.18 Å². The molecule has 1 aliphatic carbocycles. The number of hydrogen-bond donors (Lipinski definition) is 2. The van der Waals surface area contributed by atoms with Crippen molar-refractivity contribution < 1.29 is 18.3 Å². The van der Waals surface area contributed by atoms with E-state index < -0.39 is 18.0 Å². The Morgan fingerprint density at radius 1 is 1.30 bits per heavy atom. The predicted octanol–water partition coefficient (Wildman–Crippen LogP) is 2.74. The van der Waals surface area contributed by atoms with Crippen LogP contribution < -0.4 is 5.32 Å². The quantitative estimate of drug-likeness (QED) is 0.885. The molecule has 1 saturated carbocycles. The molecule has 0 aliphatic heterocycles. The Morgan fingerprint density at radius 2 is 2.09 bits per heavy atom.